The molecule has 0 aliphatic carbocycles. The van der Waals surface area contributed by atoms with Crippen LogP contribution in [0.4, 0.5) is 0 Å². The lowest BCUT2D eigenvalue weighted by Crippen LogP contribution is -1.96. The summed E-state index contributed by atoms with van der Waals surface area (Å²) in [6, 6.07) is 42.5. The number of aromatic nitrogens is 4. The van der Waals surface area contributed by atoms with E-state index in [4.69, 9.17) is 9.40 Å². The highest BCUT2D eigenvalue weighted by Crippen LogP contribution is 2.37. The SMILES string of the molecule is c1ccc(-n2c3ccccc3c3cc(-n4c5ccccc5n5c6c(nc45)oc4ccccc46)ccc32)cc1. The zero-order chi connectivity index (χ0) is 24.8. The minimum atomic E-state index is 0.655. The molecule has 0 bridgehead atoms. The minimum absolute atomic E-state index is 0.655. The van der Waals surface area contributed by atoms with Gasteiger partial charge < -0.3 is 8.98 Å². The maximum Gasteiger partial charge on any atom is 0.248 e. The first-order chi connectivity index (χ1) is 18.9. The minimum Gasteiger partial charge on any atom is -0.436 e. The molecule has 178 valence electrons. The van der Waals surface area contributed by atoms with E-state index in [-0.39, 0.29) is 0 Å². The van der Waals surface area contributed by atoms with E-state index in [9.17, 15) is 0 Å². The van der Waals surface area contributed by atoms with Crippen molar-refractivity contribution in [3.8, 4) is 11.4 Å². The number of benzene rings is 5. The Labute approximate surface area is 216 Å². The summed E-state index contributed by atoms with van der Waals surface area (Å²) in [6.07, 6.45) is 0. The van der Waals surface area contributed by atoms with Gasteiger partial charge in [0.1, 0.15) is 11.1 Å². The molecule has 0 unspecified atom stereocenters. The fraction of sp³-hybridized carbons (Fsp3) is 0. The highest BCUT2D eigenvalue weighted by molar-refractivity contribution is 6.10. The van der Waals surface area contributed by atoms with Crippen molar-refractivity contribution in [3.05, 3.63) is 121 Å². The Morgan fingerprint density at radius 2 is 1.18 bits per heavy atom. The van der Waals surface area contributed by atoms with Gasteiger partial charge >= 0.3 is 0 Å². The Hall–Kier alpha value is -5.29. The molecular formula is C33H20N4O. The Kier molecular flexibility index (Phi) is 3.73. The van der Waals surface area contributed by atoms with Crippen LogP contribution in [0.25, 0.3) is 72.2 Å². The van der Waals surface area contributed by atoms with Crippen molar-refractivity contribution in [1.29, 1.82) is 0 Å². The quantitative estimate of drug-likeness (QED) is 0.246. The smallest absolute Gasteiger partial charge is 0.248 e. The Morgan fingerprint density at radius 1 is 0.500 bits per heavy atom. The first kappa shape index (κ1) is 19.8. The largest absolute Gasteiger partial charge is 0.436 e. The average molecular weight is 489 g/mol. The molecule has 9 rings (SSSR count). The van der Waals surface area contributed by atoms with Crippen molar-refractivity contribution < 1.29 is 4.42 Å². The summed E-state index contributed by atoms with van der Waals surface area (Å²) in [5.41, 5.74) is 9.31. The van der Waals surface area contributed by atoms with Crippen LogP contribution >= 0.6 is 0 Å². The molecular weight excluding hydrogens is 468 g/mol. The predicted octanol–water partition coefficient (Wildman–Crippen LogP) is 8.27. The molecule has 0 aliphatic heterocycles. The van der Waals surface area contributed by atoms with Gasteiger partial charge in [-0.3, -0.25) is 8.97 Å². The summed E-state index contributed by atoms with van der Waals surface area (Å²) in [4.78, 5) is 5.02. The van der Waals surface area contributed by atoms with Crippen molar-refractivity contribution in [2.75, 3.05) is 0 Å². The van der Waals surface area contributed by atoms with E-state index in [2.05, 4.69) is 117 Å². The number of hydrogen-bond donors (Lipinski definition) is 0. The fourth-order valence-electron chi connectivity index (χ4n) is 6.09. The fourth-order valence-corrected chi connectivity index (χ4v) is 6.09. The van der Waals surface area contributed by atoms with E-state index < -0.39 is 0 Å². The number of nitrogens with zero attached hydrogens (tertiary/aromatic N) is 4. The predicted molar refractivity (Wildman–Crippen MR) is 154 cm³/mol. The van der Waals surface area contributed by atoms with Gasteiger partial charge in [0, 0.05) is 27.5 Å². The summed E-state index contributed by atoms with van der Waals surface area (Å²) >= 11 is 0. The van der Waals surface area contributed by atoms with Crippen LogP contribution in [0.2, 0.25) is 0 Å². The molecule has 0 fully saturated rings. The topological polar surface area (TPSA) is 40.3 Å². The number of furan rings is 1. The lowest BCUT2D eigenvalue weighted by atomic mass is 10.1. The molecule has 0 amide bonds. The lowest BCUT2D eigenvalue weighted by molar-refractivity contribution is 0.656. The highest BCUT2D eigenvalue weighted by atomic mass is 16.3. The third-order valence-electron chi connectivity index (χ3n) is 7.67. The molecule has 0 aliphatic rings. The normalized spacial score (nSPS) is 12.2. The molecule has 5 nitrogen and oxygen atoms in total. The van der Waals surface area contributed by atoms with Gasteiger partial charge in [0.05, 0.1) is 22.1 Å². The Morgan fingerprint density at radius 3 is 2.05 bits per heavy atom. The van der Waals surface area contributed by atoms with Crippen LogP contribution in [0.1, 0.15) is 0 Å². The molecule has 9 aromatic rings. The number of imidazole rings is 2. The first-order valence-corrected chi connectivity index (χ1v) is 12.7. The third kappa shape index (κ3) is 2.47. The third-order valence-corrected chi connectivity index (χ3v) is 7.67. The molecule has 38 heavy (non-hydrogen) atoms. The van der Waals surface area contributed by atoms with Crippen molar-refractivity contribution in [1.82, 2.24) is 18.5 Å². The lowest BCUT2D eigenvalue weighted by Gasteiger charge is -2.09. The maximum atomic E-state index is 6.17. The van der Waals surface area contributed by atoms with E-state index in [1.165, 1.54) is 21.8 Å². The van der Waals surface area contributed by atoms with Crippen LogP contribution in [0.3, 0.4) is 0 Å². The number of rotatable bonds is 2. The zero-order valence-corrected chi connectivity index (χ0v) is 20.2. The molecule has 5 aromatic carbocycles. The van der Waals surface area contributed by atoms with Crippen LogP contribution < -0.4 is 0 Å². The van der Waals surface area contributed by atoms with E-state index in [1.54, 1.807) is 0 Å². The summed E-state index contributed by atoms with van der Waals surface area (Å²) in [5, 5.41) is 3.50. The van der Waals surface area contributed by atoms with Crippen molar-refractivity contribution in [3.63, 3.8) is 0 Å². The van der Waals surface area contributed by atoms with Gasteiger partial charge in [-0.15, -0.1) is 0 Å². The average Bonchev–Trinajstić information content (AvgIpc) is 3.68. The number of hydrogen-bond acceptors (Lipinski definition) is 2. The second-order valence-electron chi connectivity index (χ2n) is 9.71. The van der Waals surface area contributed by atoms with E-state index in [1.807, 2.05) is 18.2 Å². The first-order valence-electron chi connectivity index (χ1n) is 12.7. The van der Waals surface area contributed by atoms with Gasteiger partial charge in [0.25, 0.3) is 0 Å². The van der Waals surface area contributed by atoms with Crippen LogP contribution in [-0.4, -0.2) is 18.5 Å². The molecule has 0 saturated carbocycles. The van der Waals surface area contributed by atoms with Gasteiger partial charge in [0.15, 0.2) is 0 Å². The molecule has 0 saturated heterocycles. The van der Waals surface area contributed by atoms with Gasteiger partial charge in [-0.2, -0.15) is 4.98 Å². The number of fused-ring (bicyclic) bond motifs is 10. The summed E-state index contributed by atoms with van der Waals surface area (Å²) in [7, 11) is 0. The molecule has 4 aromatic heterocycles. The second-order valence-corrected chi connectivity index (χ2v) is 9.71. The Bertz CT molecular complexity index is 2350. The van der Waals surface area contributed by atoms with E-state index >= 15 is 0 Å². The highest BCUT2D eigenvalue weighted by Gasteiger charge is 2.22. The molecule has 0 atom stereocenters. The van der Waals surface area contributed by atoms with E-state index in [0.29, 0.717) is 5.71 Å². The van der Waals surface area contributed by atoms with Crippen molar-refractivity contribution in [2.24, 2.45) is 0 Å². The van der Waals surface area contributed by atoms with Crippen LogP contribution in [0, 0.1) is 0 Å². The standard InChI is InChI=1S/C33H20N4O/c1-2-10-21(11-3-1)35-26-14-6-4-12-23(26)25-20-22(18-19-27(25)35)36-28-15-7-8-16-29(28)37-31-24-13-5-9-17-30(24)38-32(31)34-33(36)37/h1-20H. The van der Waals surface area contributed by atoms with Crippen molar-refractivity contribution in [2.45, 2.75) is 0 Å². The van der Waals surface area contributed by atoms with Gasteiger partial charge in [-0.05, 0) is 60.7 Å². The Balaban J connectivity index is 1.40. The van der Waals surface area contributed by atoms with Crippen molar-refractivity contribution >= 4 is 60.8 Å². The molecule has 0 N–H and O–H groups in total. The number of para-hydroxylation sites is 5. The monoisotopic (exact) mass is 488 g/mol. The van der Waals surface area contributed by atoms with Crippen LogP contribution in [0.5, 0.6) is 0 Å². The zero-order valence-electron chi connectivity index (χ0n) is 20.2. The van der Waals surface area contributed by atoms with Gasteiger partial charge in [-0.1, -0.05) is 60.7 Å². The van der Waals surface area contributed by atoms with Crippen LogP contribution in [-0.2, 0) is 0 Å². The summed E-state index contributed by atoms with van der Waals surface area (Å²) in [6.45, 7) is 0. The summed E-state index contributed by atoms with van der Waals surface area (Å²) < 4.78 is 13.0. The molecule has 0 radical (unpaired) electrons. The van der Waals surface area contributed by atoms with Crippen LogP contribution in [0.15, 0.2) is 126 Å². The summed E-state index contributed by atoms with van der Waals surface area (Å²) in [5.74, 6) is 0.844. The molecule has 0 spiro atoms. The van der Waals surface area contributed by atoms with Gasteiger partial charge in [-0.25, -0.2) is 0 Å². The second kappa shape index (κ2) is 7.14. The van der Waals surface area contributed by atoms with Gasteiger partial charge in [0.2, 0.25) is 11.5 Å². The molecule has 5 heteroatoms. The maximum absolute atomic E-state index is 6.17. The molecule has 4 heterocycles. The van der Waals surface area contributed by atoms with E-state index in [0.717, 1.165) is 44.7 Å².